The van der Waals surface area contributed by atoms with Gasteiger partial charge in [0.15, 0.2) is 0 Å². The first kappa shape index (κ1) is 19.8. The molecule has 2 aliphatic carbocycles. The molecule has 0 radical (unpaired) electrons. The largest absolute Gasteiger partial charge is 0.511 e. The van der Waals surface area contributed by atoms with Gasteiger partial charge in [-0.25, -0.2) is 0 Å². The van der Waals surface area contributed by atoms with Gasteiger partial charge in [-0.15, -0.1) is 0 Å². The van der Waals surface area contributed by atoms with Crippen LogP contribution < -0.4 is 10.6 Å². The lowest BCUT2D eigenvalue weighted by atomic mass is 10.0. The Morgan fingerprint density at radius 1 is 0.769 bits per heavy atom. The van der Waals surface area contributed by atoms with Crippen LogP contribution >= 0.6 is 0 Å². The second-order valence-corrected chi connectivity index (χ2v) is 6.53. The molecular weight excluding hydrogens is 332 g/mol. The van der Waals surface area contributed by atoms with E-state index >= 15 is 0 Å². The molecule has 0 saturated carbocycles. The van der Waals surface area contributed by atoms with Gasteiger partial charge in [-0.3, -0.25) is 9.59 Å². The van der Waals surface area contributed by atoms with E-state index in [2.05, 4.69) is 10.6 Å². The predicted octanol–water partition coefficient (Wildman–Crippen LogP) is 3.10. The van der Waals surface area contributed by atoms with Crippen molar-refractivity contribution in [2.45, 2.75) is 51.4 Å². The van der Waals surface area contributed by atoms with Crippen LogP contribution in [0.25, 0.3) is 0 Å². The molecule has 0 fully saturated rings. The maximum Gasteiger partial charge on any atom is 0.254 e. The number of allylic oxidation sites excluding steroid dienone is 4. The van der Waals surface area contributed by atoms with Gasteiger partial charge in [0.05, 0.1) is 11.1 Å². The van der Waals surface area contributed by atoms with Crippen molar-refractivity contribution in [2.75, 3.05) is 13.1 Å². The van der Waals surface area contributed by atoms with Gasteiger partial charge in [-0.2, -0.15) is 0 Å². The zero-order chi connectivity index (χ0) is 18.8. The van der Waals surface area contributed by atoms with E-state index in [0.29, 0.717) is 37.1 Å². The molecule has 2 aliphatic rings. The summed E-state index contributed by atoms with van der Waals surface area (Å²) in [6.07, 6.45) is 13.3. The topological polar surface area (TPSA) is 98.7 Å². The smallest absolute Gasteiger partial charge is 0.254 e. The van der Waals surface area contributed by atoms with E-state index in [1.54, 1.807) is 12.2 Å². The van der Waals surface area contributed by atoms with Crippen LogP contribution in [0.5, 0.6) is 0 Å². The summed E-state index contributed by atoms with van der Waals surface area (Å²) in [5, 5.41) is 25.1. The quantitative estimate of drug-likeness (QED) is 0.475. The summed E-state index contributed by atoms with van der Waals surface area (Å²) in [5.41, 5.74) is 0.738. The van der Waals surface area contributed by atoms with Crippen molar-refractivity contribution >= 4 is 11.8 Å². The lowest BCUT2D eigenvalue weighted by Crippen LogP contribution is -2.27. The first-order valence-corrected chi connectivity index (χ1v) is 9.33. The Bertz CT molecular complexity index is 588. The summed E-state index contributed by atoms with van der Waals surface area (Å²) < 4.78 is 0. The average molecular weight is 360 g/mol. The van der Waals surface area contributed by atoms with Gasteiger partial charge in [-0.05, 0) is 25.7 Å². The minimum atomic E-state index is -0.223. The fraction of sp³-hybridized carbons (Fsp3) is 0.500. The lowest BCUT2D eigenvalue weighted by Gasteiger charge is -2.12. The van der Waals surface area contributed by atoms with Crippen LogP contribution in [0.1, 0.15) is 51.4 Å². The number of rotatable bonds is 9. The Labute approximate surface area is 154 Å². The summed E-state index contributed by atoms with van der Waals surface area (Å²) in [7, 11) is 0. The SMILES string of the molecule is O=C(NCCCCCCNC(=O)C1=C(O)CCC=C1)C1=C(O)CCC=C1. The first-order valence-electron chi connectivity index (χ1n) is 9.33. The molecule has 142 valence electrons. The third-order valence-electron chi connectivity index (χ3n) is 4.45. The normalized spacial score (nSPS) is 16.8. The molecule has 0 aliphatic heterocycles. The minimum absolute atomic E-state index is 0.162. The molecule has 6 nitrogen and oxygen atoms in total. The molecule has 0 aromatic carbocycles. The molecule has 0 aromatic rings. The van der Waals surface area contributed by atoms with Gasteiger partial charge >= 0.3 is 0 Å². The van der Waals surface area contributed by atoms with Gasteiger partial charge in [-0.1, -0.05) is 37.1 Å². The number of aliphatic hydroxyl groups excluding tert-OH is 2. The molecule has 0 spiro atoms. The third-order valence-corrected chi connectivity index (χ3v) is 4.45. The summed E-state index contributed by atoms with van der Waals surface area (Å²) in [5.74, 6) is -0.122. The second-order valence-electron chi connectivity index (χ2n) is 6.53. The monoisotopic (exact) mass is 360 g/mol. The summed E-state index contributed by atoms with van der Waals surface area (Å²) in [6, 6.07) is 0. The number of hydrogen-bond acceptors (Lipinski definition) is 4. The number of amides is 2. The first-order chi connectivity index (χ1) is 12.6. The van der Waals surface area contributed by atoms with Crippen molar-refractivity contribution in [1.29, 1.82) is 0 Å². The van der Waals surface area contributed by atoms with Crippen molar-refractivity contribution in [3.63, 3.8) is 0 Å². The van der Waals surface area contributed by atoms with Crippen LogP contribution in [0.4, 0.5) is 0 Å². The molecule has 0 aromatic heterocycles. The van der Waals surface area contributed by atoms with E-state index in [0.717, 1.165) is 38.5 Å². The van der Waals surface area contributed by atoms with Crippen molar-refractivity contribution in [1.82, 2.24) is 10.6 Å². The molecule has 2 rings (SSSR count). The van der Waals surface area contributed by atoms with Crippen LogP contribution in [-0.4, -0.2) is 35.1 Å². The van der Waals surface area contributed by atoms with Crippen molar-refractivity contribution < 1.29 is 19.8 Å². The van der Waals surface area contributed by atoms with Crippen LogP contribution in [0.2, 0.25) is 0 Å². The number of aliphatic hydroxyl groups is 2. The van der Waals surface area contributed by atoms with Crippen LogP contribution in [0, 0.1) is 0 Å². The molecule has 0 heterocycles. The van der Waals surface area contributed by atoms with Gasteiger partial charge in [0, 0.05) is 25.9 Å². The van der Waals surface area contributed by atoms with E-state index in [4.69, 9.17) is 0 Å². The van der Waals surface area contributed by atoms with Gasteiger partial charge in [0.25, 0.3) is 11.8 Å². The molecule has 2 amide bonds. The molecule has 0 unspecified atom stereocenters. The number of unbranched alkanes of at least 4 members (excludes halogenated alkanes) is 3. The molecular formula is C20H28N2O4. The zero-order valence-corrected chi connectivity index (χ0v) is 15.1. The molecule has 6 heteroatoms. The van der Waals surface area contributed by atoms with Crippen molar-refractivity contribution in [2.24, 2.45) is 0 Å². The number of nitrogens with one attached hydrogen (secondary N) is 2. The maximum atomic E-state index is 11.9. The van der Waals surface area contributed by atoms with E-state index in [1.165, 1.54) is 0 Å². The van der Waals surface area contributed by atoms with Crippen LogP contribution in [-0.2, 0) is 9.59 Å². The highest BCUT2D eigenvalue weighted by Crippen LogP contribution is 2.17. The Morgan fingerprint density at radius 2 is 1.19 bits per heavy atom. The molecule has 0 bridgehead atoms. The third kappa shape index (κ3) is 6.10. The Morgan fingerprint density at radius 3 is 1.58 bits per heavy atom. The Hall–Kier alpha value is -2.50. The zero-order valence-electron chi connectivity index (χ0n) is 15.1. The number of hydrogen-bond donors (Lipinski definition) is 4. The van der Waals surface area contributed by atoms with Crippen LogP contribution in [0.15, 0.2) is 47.0 Å². The fourth-order valence-corrected chi connectivity index (χ4v) is 2.92. The molecule has 4 N–H and O–H groups in total. The predicted molar refractivity (Wildman–Crippen MR) is 101 cm³/mol. The highest BCUT2D eigenvalue weighted by Gasteiger charge is 2.15. The lowest BCUT2D eigenvalue weighted by molar-refractivity contribution is -0.118. The van der Waals surface area contributed by atoms with E-state index in [9.17, 15) is 19.8 Å². The number of carbonyl (C=O) groups excluding carboxylic acids is 2. The van der Waals surface area contributed by atoms with Gasteiger partial charge in [0.1, 0.15) is 11.5 Å². The van der Waals surface area contributed by atoms with Gasteiger partial charge in [0.2, 0.25) is 0 Å². The standard InChI is InChI=1S/C20H28N2O4/c23-17-11-5-3-9-15(17)19(25)21-13-7-1-2-8-14-22-20(26)16-10-4-6-12-18(16)24/h3-4,9-10,23-24H,1-2,5-8,11-14H2,(H,21,25)(H,22,26). The van der Waals surface area contributed by atoms with Crippen LogP contribution in [0.3, 0.4) is 0 Å². The second kappa shape index (κ2) is 10.5. The average Bonchev–Trinajstić information content (AvgIpc) is 2.64. The van der Waals surface area contributed by atoms with Crippen molar-refractivity contribution in [3.05, 3.63) is 47.0 Å². The minimum Gasteiger partial charge on any atom is -0.511 e. The maximum absolute atomic E-state index is 11.9. The van der Waals surface area contributed by atoms with E-state index in [-0.39, 0.29) is 23.3 Å². The fourth-order valence-electron chi connectivity index (χ4n) is 2.92. The van der Waals surface area contributed by atoms with Crippen molar-refractivity contribution in [3.8, 4) is 0 Å². The summed E-state index contributed by atoms with van der Waals surface area (Å²) >= 11 is 0. The highest BCUT2D eigenvalue weighted by atomic mass is 16.3. The van der Waals surface area contributed by atoms with E-state index < -0.39 is 0 Å². The molecule has 0 atom stereocenters. The van der Waals surface area contributed by atoms with E-state index in [1.807, 2.05) is 12.2 Å². The summed E-state index contributed by atoms with van der Waals surface area (Å²) in [6.45, 7) is 1.14. The van der Waals surface area contributed by atoms with Gasteiger partial charge < -0.3 is 20.8 Å². The highest BCUT2D eigenvalue weighted by molar-refractivity contribution is 5.97. The Balaban J connectivity index is 1.52. The molecule has 26 heavy (non-hydrogen) atoms. The molecule has 0 saturated heterocycles. The number of carbonyl (C=O) groups is 2. The Kier molecular flexibility index (Phi) is 7.99. The summed E-state index contributed by atoms with van der Waals surface area (Å²) in [4.78, 5) is 23.9.